The molecule has 158 valence electrons. The maximum atomic E-state index is 13.2. The fourth-order valence-electron chi connectivity index (χ4n) is 1.69. The van der Waals surface area contributed by atoms with Gasteiger partial charge in [0.05, 0.1) is 0 Å². The van der Waals surface area contributed by atoms with Crippen molar-refractivity contribution in [1.82, 2.24) is 0 Å². The third-order valence-electron chi connectivity index (χ3n) is 3.09. The van der Waals surface area contributed by atoms with Gasteiger partial charge in [-0.25, -0.2) is 0 Å². The highest BCUT2D eigenvalue weighted by Crippen LogP contribution is 2.61. The maximum absolute atomic E-state index is 13.2. The molecule has 0 amide bonds. The molecule has 0 heterocycles. The molecule has 0 aliphatic rings. The second kappa shape index (κ2) is 6.53. The molecule has 0 unspecified atom stereocenters. The van der Waals surface area contributed by atoms with E-state index in [4.69, 9.17) is 0 Å². The Morgan fingerprint density at radius 1 is 0.462 bits per heavy atom. The molecular weight excluding hydrogens is 417 g/mol. The largest absolute Gasteiger partial charge is 0.395 e. The van der Waals surface area contributed by atoms with Gasteiger partial charge in [-0.2, -0.15) is 65.9 Å². The van der Waals surface area contributed by atoms with E-state index in [1.807, 2.05) is 0 Å². The Labute approximate surface area is 135 Å². The van der Waals surface area contributed by atoms with Gasteiger partial charge < -0.3 is 0 Å². The van der Waals surface area contributed by atoms with E-state index in [1.165, 1.54) is 0 Å². The molecule has 0 saturated heterocycles. The minimum Gasteiger partial charge on any atom is -0.200 e. The third-order valence-corrected chi connectivity index (χ3v) is 3.09. The van der Waals surface area contributed by atoms with Crippen LogP contribution in [0.3, 0.4) is 0 Å². The molecule has 0 rings (SSSR count). The average molecular weight is 426 g/mol. The van der Waals surface area contributed by atoms with Gasteiger partial charge in [-0.15, -0.1) is 0 Å². The Morgan fingerprint density at radius 2 is 0.769 bits per heavy atom. The first kappa shape index (κ1) is 24.9. The van der Waals surface area contributed by atoms with Crippen LogP contribution in [0.15, 0.2) is 0 Å². The Kier molecular flexibility index (Phi) is 6.27. The van der Waals surface area contributed by atoms with Crippen LogP contribution in [0.25, 0.3) is 0 Å². The third kappa shape index (κ3) is 3.80. The number of hydrogen-bond donors (Lipinski definition) is 0. The molecule has 0 fully saturated rings. The second-order valence-corrected chi connectivity index (χ2v) is 5.25. The molecule has 0 nitrogen and oxygen atoms in total. The van der Waals surface area contributed by atoms with Gasteiger partial charge in [0.2, 0.25) is 0 Å². The van der Waals surface area contributed by atoms with E-state index in [-0.39, 0.29) is 0 Å². The Balaban J connectivity index is 6.26. The molecule has 0 saturated carbocycles. The van der Waals surface area contributed by atoms with Crippen LogP contribution in [0.2, 0.25) is 0 Å². The smallest absolute Gasteiger partial charge is 0.200 e. The standard InChI is InChI=1S/C11H9F15/c1-2-3-5(12,13)8(19,20)10(23,24)11(25,26)9(21,22)6(14,15)4-7(16,17)18/h2-4H2,1H3. The topological polar surface area (TPSA) is 0 Å². The van der Waals surface area contributed by atoms with E-state index in [9.17, 15) is 65.9 Å². The highest BCUT2D eigenvalue weighted by molar-refractivity contribution is 5.11. The molecule has 0 atom stereocenters. The molecule has 0 aliphatic heterocycles. The van der Waals surface area contributed by atoms with Gasteiger partial charge in [0.25, 0.3) is 0 Å². The summed E-state index contributed by atoms with van der Waals surface area (Å²) < 4.78 is 192. The lowest BCUT2D eigenvalue weighted by Gasteiger charge is -2.41. The van der Waals surface area contributed by atoms with Gasteiger partial charge in [0.15, 0.2) is 0 Å². The predicted molar refractivity (Wildman–Crippen MR) is 55.3 cm³/mol. The van der Waals surface area contributed by atoms with Crippen LogP contribution in [0.5, 0.6) is 0 Å². The first-order valence-corrected chi connectivity index (χ1v) is 6.35. The van der Waals surface area contributed by atoms with Crippen LogP contribution >= 0.6 is 0 Å². The number of halogens is 15. The summed E-state index contributed by atoms with van der Waals surface area (Å²) in [6.07, 6.45) is -13.6. The van der Waals surface area contributed by atoms with E-state index in [0.29, 0.717) is 6.92 Å². The lowest BCUT2D eigenvalue weighted by molar-refractivity contribution is -0.429. The molecule has 0 aliphatic carbocycles. The molecule has 0 N–H and O–H groups in total. The number of alkyl halides is 15. The molecule has 0 aromatic carbocycles. The molecule has 0 aromatic heterocycles. The summed E-state index contributed by atoms with van der Waals surface area (Å²) in [5.74, 6) is -43.9. The van der Waals surface area contributed by atoms with E-state index >= 15 is 0 Å². The molecular formula is C11H9F15. The fraction of sp³-hybridized carbons (Fsp3) is 1.00. The minimum atomic E-state index is -7.96. The molecule has 0 bridgehead atoms. The van der Waals surface area contributed by atoms with Crippen molar-refractivity contribution in [2.24, 2.45) is 0 Å². The summed E-state index contributed by atoms with van der Waals surface area (Å²) in [5, 5.41) is 0. The second-order valence-electron chi connectivity index (χ2n) is 5.25. The number of rotatable bonds is 8. The van der Waals surface area contributed by atoms with Crippen LogP contribution in [0, 0.1) is 0 Å². The van der Waals surface area contributed by atoms with Crippen molar-refractivity contribution in [3.8, 4) is 0 Å². The SMILES string of the molecule is CCCC(F)(F)C(F)(F)C(F)(F)C(F)(F)C(F)(F)C(F)(F)CC(F)(F)F. The van der Waals surface area contributed by atoms with Crippen molar-refractivity contribution < 1.29 is 65.9 Å². The zero-order valence-electron chi connectivity index (χ0n) is 12.3. The van der Waals surface area contributed by atoms with Gasteiger partial charge in [-0.1, -0.05) is 13.3 Å². The van der Waals surface area contributed by atoms with Crippen LogP contribution in [0.1, 0.15) is 26.2 Å². The van der Waals surface area contributed by atoms with Crippen LogP contribution < -0.4 is 0 Å². The van der Waals surface area contributed by atoms with Crippen molar-refractivity contribution in [2.75, 3.05) is 0 Å². The monoisotopic (exact) mass is 426 g/mol. The molecule has 0 aromatic rings. The fourth-order valence-corrected chi connectivity index (χ4v) is 1.69. The highest BCUT2D eigenvalue weighted by atomic mass is 19.4. The summed E-state index contributed by atoms with van der Waals surface area (Å²) in [7, 11) is 0. The first-order chi connectivity index (χ1) is 11.0. The molecule has 26 heavy (non-hydrogen) atoms. The highest BCUT2D eigenvalue weighted by Gasteiger charge is 2.90. The van der Waals surface area contributed by atoms with Crippen LogP contribution in [0.4, 0.5) is 65.9 Å². The molecule has 15 heteroatoms. The van der Waals surface area contributed by atoms with Crippen molar-refractivity contribution in [3.05, 3.63) is 0 Å². The normalized spacial score (nSPS) is 16.2. The first-order valence-electron chi connectivity index (χ1n) is 6.35. The average Bonchev–Trinajstić information content (AvgIpc) is 2.34. The van der Waals surface area contributed by atoms with Crippen molar-refractivity contribution in [3.63, 3.8) is 0 Å². The zero-order valence-corrected chi connectivity index (χ0v) is 12.3. The van der Waals surface area contributed by atoms with Gasteiger partial charge in [-0.05, 0) is 0 Å². The van der Waals surface area contributed by atoms with E-state index in [0.717, 1.165) is 0 Å². The van der Waals surface area contributed by atoms with Crippen molar-refractivity contribution in [2.45, 2.75) is 67.9 Å². The van der Waals surface area contributed by atoms with Gasteiger partial charge in [-0.3, -0.25) is 0 Å². The van der Waals surface area contributed by atoms with E-state index in [1.54, 1.807) is 0 Å². The minimum absolute atomic E-state index is 0.687. The summed E-state index contributed by atoms with van der Waals surface area (Å²) in [4.78, 5) is 0. The Bertz CT molecular complexity index is 486. The summed E-state index contributed by atoms with van der Waals surface area (Å²) in [6, 6.07) is 0. The maximum Gasteiger partial charge on any atom is 0.395 e. The van der Waals surface area contributed by atoms with Gasteiger partial charge in [0, 0.05) is 6.42 Å². The lowest BCUT2D eigenvalue weighted by atomic mass is 9.89. The quantitative estimate of drug-likeness (QED) is 0.386. The zero-order chi connectivity index (χ0) is 21.6. The van der Waals surface area contributed by atoms with Crippen LogP contribution in [-0.4, -0.2) is 41.7 Å². The summed E-state index contributed by atoms with van der Waals surface area (Å²) in [6.45, 7) is 0.687. The molecule has 0 spiro atoms. The van der Waals surface area contributed by atoms with E-state index < -0.39 is 61.0 Å². The number of hydrogen-bond acceptors (Lipinski definition) is 0. The predicted octanol–water partition coefficient (Wildman–Crippen LogP) is 6.55. The van der Waals surface area contributed by atoms with Crippen molar-refractivity contribution in [1.29, 1.82) is 0 Å². The van der Waals surface area contributed by atoms with Gasteiger partial charge in [0.1, 0.15) is 6.42 Å². The Morgan fingerprint density at radius 3 is 1.04 bits per heavy atom. The van der Waals surface area contributed by atoms with Gasteiger partial charge >= 0.3 is 41.7 Å². The lowest BCUT2D eigenvalue weighted by Crippen LogP contribution is -2.70. The summed E-state index contributed by atoms with van der Waals surface area (Å²) >= 11 is 0. The van der Waals surface area contributed by atoms with Crippen molar-refractivity contribution >= 4 is 0 Å². The Hall–Kier alpha value is -1.05. The van der Waals surface area contributed by atoms with Crippen LogP contribution in [-0.2, 0) is 0 Å². The summed E-state index contributed by atoms with van der Waals surface area (Å²) in [5.41, 5.74) is 0. The van der Waals surface area contributed by atoms with E-state index in [2.05, 4.69) is 0 Å². The molecule has 0 radical (unpaired) electrons.